The summed E-state index contributed by atoms with van der Waals surface area (Å²) in [5, 5.41) is 0.989. The predicted molar refractivity (Wildman–Crippen MR) is 59.6 cm³/mol. The van der Waals surface area contributed by atoms with Crippen molar-refractivity contribution in [1.82, 2.24) is 9.97 Å². The van der Waals surface area contributed by atoms with E-state index in [4.69, 9.17) is 12.2 Å². The molecule has 1 heterocycles. The first-order chi connectivity index (χ1) is 6.31. The summed E-state index contributed by atoms with van der Waals surface area (Å²) in [7, 11) is 0. The molecule has 1 aromatic heterocycles. The molecule has 1 aromatic carbocycles. The maximum Gasteiger partial charge on any atom is 0.137 e. The molecule has 13 heavy (non-hydrogen) atoms. The maximum absolute atomic E-state index is 5.14. The van der Waals surface area contributed by atoms with Gasteiger partial charge in [-0.1, -0.05) is 24.4 Å². The third-order valence-electron chi connectivity index (χ3n) is 1.82. The van der Waals surface area contributed by atoms with Crippen molar-refractivity contribution in [3.8, 4) is 0 Å². The lowest BCUT2D eigenvalue weighted by molar-refractivity contribution is 1.06. The van der Waals surface area contributed by atoms with Crippen LogP contribution in [0.2, 0.25) is 0 Å². The van der Waals surface area contributed by atoms with E-state index >= 15 is 0 Å². The molecule has 0 unspecified atom stereocenters. The number of fused-ring (bicyclic) bond motifs is 1. The highest BCUT2D eigenvalue weighted by Gasteiger charge is 1.97. The normalized spacial score (nSPS) is 10.5. The topological polar surface area (TPSA) is 28.7 Å². The smallest absolute Gasteiger partial charge is 0.137 e. The Labute approximate surface area is 86.4 Å². The van der Waals surface area contributed by atoms with Crippen molar-refractivity contribution < 1.29 is 0 Å². The van der Waals surface area contributed by atoms with Gasteiger partial charge >= 0.3 is 0 Å². The van der Waals surface area contributed by atoms with E-state index in [-0.39, 0.29) is 0 Å². The van der Waals surface area contributed by atoms with E-state index in [1.54, 1.807) is 0 Å². The van der Waals surface area contributed by atoms with Crippen molar-refractivity contribution in [2.75, 3.05) is 0 Å². The van der Waals surface area contributed by atoms with E-state index in [1.165, 1.54) is 0 Å². The van der Waals surface area contributed by atoms with E-state index in [0.717, 1.165) is 16.7 Å². The summed E-state index contributed by atoms with van der Waals surface area (Å²) >= 11 is 9.29. The van der Waals surface area contributed by atoms with Crippen LogP contribution >= 0.6 is 24.8 Å². The second kappa shape index (κ2) is 3.47. The van der Waals surface area contributed by atoms with E-state index in [1.807, 2.05) is 24.3 Å². The number of rotatable bonds is 1. The second-order valence-electron chi connectivity index (χ2n) is 2.69. The molecule has 66 valence electrons. The maximum atomic E-state index is 5.14. The number of para-hydroxylation sites is 1. The standard InChI is InChI=1S/C9H8N2S2/c12-5-8-10-7-4-2-1-3-6(7)9(13)11-8/h1-4,12H,5H2,(H,10,11,13). The monoisotopic (exact) mass is 208 g/mol. The highest BCUT2D eigenvalue weighted by Crippen LogP contribution is 2.12. The summed E-state index contributed by atoms with van der Waals surface area (Å²) in [6, 6.07) is 7.87. The fourth-order valence-electron chi connectivity index (χ4n) is 1.22. The first-order valence-corrected chi connectivity index (χ1v) is 4.94. The van der Waals surface area contributed by atoms with Gasteiger partial charge in [0.15, 0.2) is 0 Å². The van der Waals surface area contributed by atoms with Crippen molar-refractivity contribution in [2.24, 2.45) is 0 Å². The number of hydrogen-bond acceptors (Lipinski definition) is 3. The molecule has 0 atom stereocenters. The van der Waals surface area contributed by atoms with Crippen LogP contribution < -0.4 is 0 Å². The Morgan fingerprint density at radius 2 is 2.15 bits per heavy atom. The van der Waals surface area contributed by atoms with Gasteiger partial charge in [0, 0.05) is 16.7 Å². The van der Waals surface area contributed by atoms with Gasteiger partial charge < -0.3 is 4.98 Å². The molecule has 0 bridgehead atoms. The van der Waals surface area contributed by atoms with Crippen LogP contribution in [-0.2, 0) is 5.75 Å². The van der Waals surface area contributed by atoms with Crippen LogP contribution in [0.25, 0.3) is 10.9 Å². The van der Waals surface area contributed by atoms with Crippen LogP contribution in [-0.4, -0.2) is 9.97 Å². The van der Waals surface area contributed by atoms with Gasteiger partial charge in [-0.3, -0.25) is 0 Å². The van der Waals surface area contributed by atoms with E-state index in [0.29, 0.717) is 10.4 Å². The third-order valence-corrected chi connectivity index (χ3v) is 2.43. The largest absolute Gasteiger partial charge is 0.342 e. The van der Waals surface area contributed by atoms with Gasteiger partial charge in [0.25, 0.3) is 0 Å². The lowest BCUT2D eigenvalue weighted by Gasteiger charge is -2.00. The summed E-state index contributed by atoms with van der Waals surface area (Å²) in [6.45, 7) is 0. The van der Waals surface area contributed by atoms with Crippen molar-refractivity contribution in [3.63, 3.8) is 0 Å². The molecule has 2 rings (SSSR count). The second-order valence-corrected chi connectivity index (χ2v) is 3.40. The van der Waals surface area contributed by atoms with Gasteiger partial charge in [-0.05, 0) is 12.1 Å². The quantitative estimate of drug-likeness (QED) is 0.557. The van der Waals surface area contributed by atoms with Gasteiger partial charge in [-0.2, -0.15) is 12.6 Å². The number of thiol groups is 1. The summed E-state index contributed by atoms with van der Waals surface area (Å²) < 4.78 is 0.637. The molecule has 0 aliphatic rings. The zero-order chi connectivity index (χ0) is 9.26. The number of benzene rings is 1. The lowest BCUT2D eigenvalue weighted by atomic mass is 10.2. The Kier molecular flexibility index (Phi) is 2.33. The van der Waals surface area contributed by atoms with Crippen molar-refractivity contribution >= 4 is 35.7 Å². The molecular formula is C9H8N2S2. The molecule has 0 fully saturated rings. The highest BCUT2D eigenvalue weighted by atomic mass is 32.1. The molecule has 0 radical (unpaired) electrons. The van der Waals surface area contributed by atoms with Crippen molar-refractivity contribution in [1.29, 1.82) is 0 Å². The number of aromatic amines is 1. The van der Waals surface area contributed by atoms with Crippen molar-refractivity contribution in [2.45, 2.75) is 5.75 Å². The number of H-pyrrole nitrogens is 1. The molecule has 0 spiro atoms. The molecule has 0 saturated carbocycles. The number of nitrogens with zero attached hydrogens (tertiary/aromatic N) is 1. The van der Waals surface area contributed by atoms with Crippen LogP contribution in [0.1, 0.15) is 5.82 Å². The van der Waals surface area contributed by atoms with Crippen LogP contribution in [0.5, 0.6) is 0 Å². The van der Waals surface area contributed by atoms with Gasteiger partial charge in [0.1, 0.15) is 10.5 Å². The zero-order valence-corrected chi connectivity index (χ0v) is 8.53. The Hall–Kier alpha value is -0.870. The van der Waals surface area contributed by atoms with Gasteiger partial charge in [0.05, 0.1) is 0 Å². The Balaban J connectivity index is 2.85. The van der Waals surface area contributed by atoms with Crippen LogP contribution in [0.15, 0.2) is 24.3 Å². The minimum atomic E-state index is 0.578. The Morgan fingerprint density at radius 1 is 1.38 bits per heavy atom. The van der Waals surface area contributed by atoms with Gasteiger partial charge in [0.2, 0.25) is 0 Å². The van der Waals surface area contributed by atoms with Crippen LogP contribution in [0, 0.1) is 4.64 Å². The number of aromatic nitrogens is 2. The molecule has 1 N–H and O–H groups in total. The number of nitrogens with one attached hydrogen (secondary N) is 1. The molecule has 2 aromatic rings. The predicted octanol–water partition coefficient (Wildman–Crippen LogP) is 2.72. The first kappa shape index (κ1) is 8.72. The molecular weight excluding hydrogens is 200 g/mol. The zero-order valence-electron chi connectivity index (χ0n) is 6.82. The molecule has 2 nitrogen and oxygen atoms in total. The van der Waals surface area contributed by atoms with Crippen LogP contribution in [0.4, 0.5) is 0 Å². The average Bonchev–Trinajstić information content (AvgIpc) is 2.18. The van der Waals surface area contributed by atoms with E-state index < -0.39 is 0 Å². The Morgan fingerprint density at radius 3 is 2.92 bits per heavy atom. The Bertz CT molecular complexity index is 490. The molecule has 0 aliphatic carbocycles. The lowest BCUT2D eigenvalue weighted by Crippen LogP contribution is -1.92. The van der Waals surface area contributed by atoms with Crippen molar-refractivity contribution in [3.05, 3.63) is 34.7 Å². The third kappa shape index (κ3) is 1.59. The summed E-state index contributed by atoms with van der Waals surface area (Å²) in [5.74, 6) is 1.39. The molecule has 4 heteroatoms. The molecule has 0 saturated heterocycles. The minimum Gasteiger partial charge on any atom is -0.342 e. The fraction of sp³-hybridized carbons (Fsp3) is 0.111. The summed E-state index contributed by atoms with van der Waals surface area (Å²) in [4.78, 5) is 7.37. The molecule has 0 amide bonds. The average molecular weight is 208 g/mol. The summed E-state index contributed by atoms with van der Waals surface area (Å²) in [5.41, 5.74) is 1.02. The van der Waals surface area contributed by atoms with Gasteiger partial charge in [-0.25, -0.2) is 4.98 Å². The molecule has 0 aliphatic heterocycles. The van der Waals surface area contributed by atoms with Crippen LogP contribution in [0.3, 0.4) is 0 Å². The highest BCUT2D eigenvalue weighted by molar-refractivity contribution is 7.79. The summed E-state index contributed by atoms with van der Waals surface area (Å²) in [6.07, 6.45) is 0. The first-order valence-electron chi connectivity index (χ1n) is 3.90. The fourth-order valence-corrected chi connectivity index (χ4v) is 1.66. The van der Waals surface area contributed by atoms with Gasteiger partial charge in [-0.15, -0.1) is 0 Å². The SMILES string of the molecule is S=c1nc(CS)[nH]c2ccccc12. The van der Waals surface area contributed by atoms with E-state index in [9.17, 15) is 0 Å². The minimum absolute atomic E-state index is 0.578. The van der Waals surface area contributed by atoms with E-state index in [2.05, 4.69) is 22.6 Å². The number of hydrogen-bond donors (Lipinski definition) is 2.